The Morgan fingerprint density at radius 2 is 1.86 bits per heavy atom. The number of pyridine rings is 1. The van der Waals surface area contributed by atoms with Gasteiger partial charge in [-0.05, 0) is 24.4 Å². The van der Waals surface area contributed by atoms with Gasteiger partial charge in [0.25, 0.3) is 4.84 Å². The molecule has 0 saturated heterocycles. The van der Waals surface area contributed by atoms with Gasteiger partial charge in [-0.2, -0.15) is 4.68 Å². The summed E-state index contributed by atoms with van der Waals surface area (Å²) in [6.45, 7) is 1.56. The lowest BCUT2D eigenvalue weighted by atomic mass is 10.2. The Kier molecular flexibility index (Phi) is 4.41. The zero-order valence-electron chi connectivity index (χ0n) is 12.3. The molecule has 0 aliphatic carbocycles. The van der Waals surface area contributed by atoms with Crippen LogP contribution in [0.4, 0.5) is 0 Å². The van der Waals surface area contributed by atoms with Crippen LogP contribution in [0.25, 0.3) is 11.5 Å². The van der Waals surface area contributed by atoms with Crippen LogP contribution in [-0.4, -0.2) is 21.8 Å². The summed E-state index contributed by atoms with van der Waals surface area (Å²) in [5, 5.41) is 4.46. The van der Waals surface area contributed by atoms with Crippen molar-refractivity contribution in [2.24, 2.45) is 0 Å². The first kappa shape index (κ1) is 14.6. The van der Waals surface area contributed by atoms with Gasteiger partial charge in [0.05, 0.1) is 7.05 Å². The normalized spacial score (nSPS) is 12.2. The fourth-order valence-electron chi connectivity index (χ4n) is 2.27. The number of nitrogens with one attached hydrogen (secondary N) is 1. The van der Waals surface area contributed by atoms with Crippen LogP contribution in [0.2, 0.25) is 0 Å². The van der Waals surface area contributed by atoms with E-state index >= 15 is 0 Å². The number of quaternary nitrogens is 1. The van der Waals surface area contributed by atoms with Gasteiger partial charge in [-0.3, -0.25) is 4.98 Å². The summed E-state index contributed by atoms with van der Waals surface area (Å²) in [5.41, 5.74) is 2.16. The van der Waals surface area contributed by atoms with Crippen LogP contribution in [-0.2, 0) is 13.2 Å². The zero-order valence-corrected chi connectivity index (χ0v) is 13.1. The summed E-state index contributed by atoms with van der Waals surface area (Å²) in [7, 11) is 2.11. The molecule has 0 saturated carbocycles. The maximum atomic E-state index is 5.58. The van der Waals surface area contributed by atoms with Crippen molar-refractivity contribution < 1.29 is 9.32 Å². The second-order valence-electron chi connectivity index (χ2n) is 5.19. The van der Waals surface area contributed by atoms with E-state index in [4.69, 9.17) is 16.6 Å². The highest BCUT2D eigenvalue weighted by molar-refractivity contribution is 7.71. The summed E-state index contributed by atoms with van der Waals surface area (Å²) < 4.78 is 7.30. The first-order chi connectivity index (χ1) is 10.7. The minimum Gasteiger partial charge on any atom is -0.409 e. The predicted octanol–water partition coefficient (Wildman–Crippen LogP) is 1.94. The molecular formula is C16H17N4OS+. The van der Waals surface area contributed by atoms with Crippen LogP contribution in [0.3, 0.4) is 0 Å². The van der Waals surface area contributed by atoms with Gasteiger partial charge in [0, 0.05) is 23.5 Å². The molecule has 22 heavy (non-hydrogen) atoms. The van der Waals surface area contributed by atoms with Gasteiger partial charge in [0.2, 0.25) is 5.89 Å². The average Bonchev–Trinajstić information content (AvgIpc) is 2.90. The molecule has 1 N–H and O–H groups in total. The van der Waals surface area contributed by atoms with Gasteiger partial charge >= 0.3 is 0 Å². The van der Waals surface area contributed by atoms with Crippen molar-refractivity contribution in [1.82, 2.24) is 14.8 Å². The number of aromatic nitrogens is 3. The SMILES string of the molecule is C[NH+](Cc1ccccc1)Cn1nc(-c2ccncc2)oc1=S. The highest BCUT2D eigenvalue weighted by Crippen LogP contribution is 2.15. The molecule has 3 aromatic rings. The molecule has 6 heteroatoms. The Balaban J connectivity index is 1.73. The summed E-state index contributed by atoms with van der Waals surface area (Å²) in [4.78, 5) is 5.65. The van der Waals surface area contributed by atoms with Crippen molar-refractivity contribution in [3.8, 4) is 11.5 Å². The van der Waals surface area contributed by atoms with E-state index in [1.807, 2.05) is 30.3 Å². The number of nitrogens with zero attached hydrogens (tertiary/aromatic N) is 3. The van der Waals surface area contributed by atoms with Gasteiger partial charge in [0.1, 0.15) is 6.54 Å². The molecule has 5 nitrogen and oxygen atoms in total. The van der Waals surface area contributed by atoms with E-state index in [1.165, 1.54) is 10.5 Å². The molecule has 0 bridgehead atoms. The van der Waals surface area contributed by atoms with E-state index in [1.54, 1.807) is 17.1 Å². The Morgan fingerprint density at radius 1 is 1.14 bits per heavy atom. The van der Waals surface area contributed by atoms with Crippen molar-refractivity contribution in [2.45, 2.75) is 13.2 Å². The lowest BCUT2D eigenvalue weighted by Crippen LogP contribution is -3.07. The summed E-state index contributed by atoms with van der Waals surface area (Å²) >= 11 is 5.26. The van der Waals surface area contributed by atoms with Crippen molar-refractivity contribution in [2.75, 3.05) is 7.05 Å². The molecule has 1 aromatic carbocycles. The molecule has 2 aromatic heterocycles. The predicted molar refractivity (Wildman–Crippen MR) is 85.6 cm³/mol. The van der Waals surface area contributed by atoms with E-state index < -0.39 is 0 Å². The van der Waals surface area contributed by atoms with E-state index in [0.29, 0.717) is 17.4 Å². The number of hydrogen-bond acceptors (Lipinski definition) is 4. The second kappa shape index (κ2) is 6.64. The molecule has 3 rings (SSSR count). The third-order valence-corrected chi connectivity index (χ3v) is 3.60. The van der Waals surface area contributed by atoms with Crippen LogP contribution in [0.1, 0.15) is 5.56 Å². The van der Waals surface area contributed by atoms with Gasteiger partial charge in [-0.1, -0.05) is 30.3 Å². The van der Waals surface area contributed by atoms with E-state index in [9.17, 15) is 0 Å². The second-order valence-corrected chi connectivity index (χ2v) is 5.54. The Labute approximate surface area is 133 Å². The summed E-state index contributed by atoms with van der Waals surface area (Å²) in [6, 6.07) is 14.1. The molecular weight excluding hydrogens is 296 g/mol. The van der Waals surface area contributed by atoms with E-state index in [2.05, 4.69) is 29.3 Å². The van der Waals surface area contributed by atoms with Crippen molar-refractivity contribution in [1.29, 1.82) is 0 Å². The van der Waals surface area contributed by atoms with Crippen LogP contribution in [0.15, 0.2) is 59.3 Å². The topological polar surface area (TPSA) is 48.3 Å². The van der Waals surface area contributed by atoms with E-state index in [-0.39, 0.29) is 0 Å². The number of hydrogen-bond donors (Lipinski definition) is 1. The molecule has 1 unspecified atom stereocenters. The zero-order chi connectivity index (χ0) is 15.4. The van der Waals surface area contributed by atoms with Crippen LogP contribution in [0, 0.1) is 4.84 Å². The fourth-order valence-corrected chi connectivity index (χ4v) is 2.46. The van der Waals surface area contributed by atoms with Crippen molar-refractivity contribution in [3.63, 3.8) is 0 Å². The van der Waals surface area contributed by atoms with Gasteiger partial charge in [0.15, 0.2) is 6.67 Å². The third-order valence-electron chi connectivity index (χ3n) is 3.30. The van der Waals surface area contributed by atoms with E-state index in [0.717, 1.165) is 12.1 Å². The number of rotatable bonds is 5. The lowest BCUT2D eigenvalue weighted by molar-refractivity contribution is -0.917. The minimum atomic E-state index is 0.388. The van der Waals surface area contributed by atoms with Gasteiger partial charge in [-0.25, -0.2) is 0 Å². The maximum absolute atomic E-state index is 5.58. The Hall–Kier alpha value is -2.31. The first-order valence-corrected chi connectivity index (χ1v) is 7.47. The van der Waals surface area contributed by atoms with Crippen molar-refractivity contribution in [3.05, 3.63) is 65.3 Å². The Morgan fingerprint density at radius 3 is 2.59 bits per heavy atom. The van der Waals surface area contributed by atoms with Crippen LogP contribution >= 0.6 is 12.2 Å². The molecule has 0 radical (unpaired) electrons. The molecule has 0 fully saturated rings. The summed E-state index contributed by atoms with van der Waals surface area (Å²) in [6.07, 6.45) is 3.42. The van der Waals surface area contributed by atoms with Gasteiger partial charge in [-0.15, -0.1) is 5.10 Å². The van der Waals surface area contributed by atoms with Crippen LogP contribution < -0.4 is 4.90 Å². The molecule has 112 valence electrons. The van der Waals surface area contributed by atoms with Crippen LogP contribution in [0.5, 0.6) is 0 Å². The fraction of sp³-hybridized carbons (Fsp3) is 0.188. The largest absolute Gasteiger partial charge is 0.409 e. The Bertz CT molecular complexity index is 783. The smallest absolute Gasteiger partial charge is 0.292 e. The number of benzene rings is 1. The first-order valence-electron chi connectivity index (χ1n) is 7.06. The maximum Gasteiger partial charge on any atom is 0.292 e. The van der Waals surface area contributed by atoms with Crippen molar-refractivity contribution >= 4 is 12.2 Å². The molecule has 0 aliphatic heterocycles. The molecule has 1 atom stereocenters. The third kappa shape index (κ3) is 3.47. The molecule has 0 aliphatic rings. The van der Waals surface area contributed by atoms with Gasteiger partial charge < -0.3 is 9.32 Å². The monoisotopic (exact) mass is 313 g/mol. The quantitative estimate of drug-likeness (QED) is 0.731. The minimum absolute atomic E-state index is 0.388. The average molecular weight is 313 g/mol. The molecule has 0 amide bonds. The summed E-state index contributed by atoms with van der Waals surface area (Å²) in [5.74, 6) is 0.528. The molecule has 0 spiro atoms. The highest BCUT2D eigenvalue weighted by atomic mass is 32.1. The highest BCUT2D eigenvalue weighted by Gasteiger charge is 2.11. The standard InChI is InChI=1S/C16H16N4OS/c1-19(11-13-5-3-2-4-6-13)12-20-16(22)21-15(18-20)14-7-9-17-10-8-14/h2-10H,11-12H2,1H3/p+1. The molecule has 2 heterocycles. The lowest BCUT2D eigenvalue weighted by Gasteiger charge is -2.13.